The number of carbonyl (C=O) groups is 1. The van der Waals surface area contributed by atoms with Crippen LogP contribution in [0, 0.1) is 12.3 Å². The largest absolute Gasteiger partial charge is 0.491 e. The van der Waals surface area contributed by atoms with Gasteiger partial charge in [0, 0.05) is 26.3 Å². The molecule has 1 aromatic carbocycles. The van der Waals surface area contributed by atoms with Gasteiger partial charge in [-0.15, -0.1) is 0 Å². The quantitative estimate of drug-likeness (QED) is 0.868. The summed E-state index contributed by atoms with van der Waals surface area (Å²) in [6, 6.07) is 7.95. The lowest BCUT2D eigenvalue weighted by atomic mass is 9.80. The molecule has 0 saturated carbocycles. The van der Waals surface area contributed by atoms with Gasteiger partial charge < -0.3 is 19.7 Å². The summed E-state index contributed by atoms with van der Waals surface area (Å²) in [5.41, 5.74) is 1.41. The summed E-state index contributed by atoms with van der Waals surface area (Å²) in [5.74, 6) is 0.879. The molecule has 3 rings (SSSR count). The van der Waals surface area contributed by atoms with Gasteiger partial charge in [0.1, 0.15) is 12.4 Å². The summed E-state index contributed by atoms with van der Waals surface area (Å²) >= 11 is 0. The molecule has 0 bridgehead atoms. The molecule has 2 aliphatic rings. The van der Waals surface area contributed by atoms with Crippen LogP contribution in [0.4, 0.5) is 4.79 Å². The molecule has 1 spiro atoms. The molecule has 0 aliphatic carbocycles. The Morgan fingerprint density at radius 1 is 1.30 bits per heavy atom. The average Bonchev–Trinajstić information content (AvgIpc) is 2.97. The molecule has 126 valence electrons. The highest BCUT2D eigenvalue weighted by atomic mass is 16.5. The second kappa shape index (κ2) is 7.21. The minimum absolute atomic E-state index is 0.0294. The van der Waals surface area contributed by atoms with Gasteiger partial charge in [-0.05, 0) is 43.2 Å². The summed E-state index contributed by atoms with van der Waals surface area (Å²) in [6.07, 6.45) is 3.25. The normalized spacial score (nSPS) is 19.8. The van der Waals surface area contributed by atoms with Gasteiger partial charge in [-0.25, -0.2) is 4.79 Å². The van der Waals surface area contributed by atoms with Crippen LogP contribution in [0.5, 0.6) is 5.75 Å². The van der Waals surface area contributed by atoms with Crippen molar-refractivity contribution < 1.29 is 14.3 Å². The molecule has 0 atom stereocenters. The molecule has 2 aliphatic heterocycles. The maximum atomic E-state index is 12.3. The number of amides is 2. The Labute approximate surface area is 137 Å². The van der Waals surface area contributed by atoms with Crippen molar-refractivity contribution in [3.8, 4) is 5.75 Å². The minimum atomic E-state index is 0.0294. The lowest BCUT2D eigenvalue weighted by Gasteiger charge is -2.33. The van der Waals surface area contributed by atoms with Crippen LogP contribution in [0.1, 0.15) is 24.8 Å². The first-order valence-corrected chi connectivity index (χ1v) is 8.48. The van der Waals surface area contributed by atoms with Crippen molar-refractivity contribution in [1.29, 1.82) is 0 Å². The van der Waals surface area contributed by atoms with Crippen LogP contribution in [-0.4, -0.2) is 50.4 Å². The summed E-state index contributed by atoms with van der Waals surface area (Å²) in [5, 5.41) is 2.97. The van der Waals surface area contributed by atoms with E-state index in [-0.39, 0.29) is 6.03 Å². The SMILES string of the molecule is Cc1ccccc1OCCNC(=O)N1CCC2(CCOCC2)C1. The van der Waals surface area contributed by atoms with Crippen molar-refractivity contribution >= 4 is 6.03 Å². The zero-order chi connectivity index (χ0) is 16.1. The van der Waals surface area contributed by atoms with Crippen molar-refractivity contribution in [1.82, 2.24) is 10.2 Å². The monoisotopic (exact) mass is 318 g/mol. The van der Waals surface area contributed by atoms with E-state index in [1.54, 1.807) is 0 Å². The molecule has 0 radical (unpaired) electrons. The van der Waals surface area contributed by atoms with Crippen molar-refractivity contribution in [3.05, 3.63) is 29.8 Å². The third kappa shape index (κ3) is 3.96. The van der Waals surface area contributed by atoms with Gasteiger partial charge in [0.15, 0.2) is 0 Å². The van der Waals surface area contributed by atoms with Crippen molar-refractivity contribution in [2.45, 2.75) is 26.2 Å². The van der Waals surface area contributed by atoms with E-state index < -0.39 is 0 Å². The molecule has 2 heterocycles. The second-order valence-electron chi connectivity index (χ2n) is 6.63. The van der Waals surface area contributed by atoms with Gasteiger partial charge in [0.05, 0.1) is 6.54 Å². The maximum Gasteiger partial charge on any atom is 0.317 e. The van der Waals surface area contributed by atoms with Gasteiger partial charge in [0.2, 0.25) is 0 Å². The summed E-state index contributed by atoms with van der Waals surface area (Å²) in [7, 11) is 0. The van der Waals surface area contributed by atoms with Gasteiger partial charge in [-0.3, -0.25) is 0 Å². The molecular formula is C18H26N2O3. The number of carbonyl (C=O) groups excluding carboxylic acids is 1. The van der Waals surface area contributed by atoms with E-state index >= 15 is 0 Å². The topological polar surface area (TPSA) is 50.8 Å². The first kappa shape index (κ1) is 16.1. The first-order valence-electron chi connectivity index (χ1n) is 8.48. The molecule has 5 nitrogen and oxygen atoms in total. The number of benzene rings is 1. The predicted octanol–water partition coefficient (Wildman–Crippen LogP) is 2.59. The number of hydrogen-bond donors (Lipinski definition) is 1. The van der Waals surface area contributed by atoms with E-state index in [4.69, 9.17) is 9.47 Å². The lowest BCUT2D eigenvalue weighted by molar-refractivity contribution is 0.0208. The van der Waals surface area contributed by atoms with Gasteiger partial charge in [-0.1, -0.05) is 18.2 Å². The van der Waals surface area contributed by atoms with Crippen LogP contribution in [0.25, 0.3) is 0 Å². The van der Waals surface area contributed by atoms with E-state index in [9.17, 15) is 4.79 Å². The molecule has 2 amide bonds. The Morgan fingerprint density at radius 3 is 2.87 bits per heavy atom. The molecule has 0 aromatic heterocycles. The number of nitrogens with one attached hydrogen (secondary N) is 1. The Kier molecular flexibility index (Phi) is 5.06. The highest BCUT2D eigenvalue weighted by Crippen LogP contribution is 2.39. The number of hydrogen-bond acceptors (Lipinski definition) is 3. The fraction of sp³-hybridized carbons (Fsp3) is 0.611. The van der Waals surface area contributed by atoms with Crippen molar-refractivity contribution in [2.24, 2.45) is 5.41 Å². The van der Waals surface area contributed by atoms with E-state index in [1.165, 1.54) is 0 Å². The fourth-order valence-electron chi connectivity index (χ4n) is 3.47. The Morgan fingerprint density at radius 2 is 2.09 bits per heavy atom. The molecule has 5 heteroatoms. The Hall–Kier alpha value is -1.75. The van der Waals surface area contributed by atoms with E-state index in [2.05, 4.69) is 5.32 Å². The molecular weight excluding hydrogens is 292 g/mol. The number of urea groups is 1. The van der Waals surface area contributed by atoms with E-state index in [0.29, 0.717) is 18.6 Å². The summed E-state index contributed by atoms with van der Waals surface area (Å²) < 4.78 is 11.2. The van der Waals surface area contributed by atoms with E-state index in [0.717, 1.165) is 56.9 Å². The molecule has 23 heavy (non-hydrogen) atoms. The summed E-state index contributed by atoms with van der Waals surface area (Å²) in [6.45, 7) is 6.42. The third-order valence-corrected chi connectivity index (χ3v) is 5.01. The number of ether oxygens (including phenoxy) is 2. The highest BCUT2D eigenvalue weighted by molar-refractivity contribution is 5.74. The lowest BCUT2D eigenvalue weighted by Crippen LogP contribution is -2.42. The van der Waals surface area contributed by atoms with Crippen LogP contribution in [0.3, 0.4) is 0 Å². The summed E-state index contributed by atoms with van der Waals surface area (Å²) in [4.78, 5) is 14.2. The van der Waals surface area contributed by atoms with Crippen molar-refractivity contribution in [2.75, 3.05) is 39.5 Å². The zero-order valence-corrected chi connectivity index (χ0v) is 13.8. The average molecular weight is 318 g/mol. The Balaban J connectivity index is 1.39. The van der Waals surface area contributed by atoms with Gasteiger partial charge >= 0.3 is 6.03 Å². The van der Waals surface area contributed by atoms with Gasteiger partial charge in [0.25, 0.3) is 0 Å². The smallest absolute Gasteiger partial charge is 0.317 e. The van der Waals surface area contributed by atoms with Gasteiger partial charge in [-0.2, -0.15) is 0 Å². The second-order valence-corrected chi connectivity index (χ2v) is 6.63. The van der Waals surface area contributed by atoms with Crippen LogP contribution < -0.4 is 10.1 Å². The maximum absolute atomic E-state index is 12.3. The fourth-order valence-corrected chi connectivity index (χ4v) is 3.47. The minimum Gasteiger partial charge on any atom is -0.491 e. The number of aryl methyl sites for hydroxylation is 1. The standard InChI is InChI=1S/C18H26N2O3/c1-15-4-2-3-5-16(15)23-13-9-19-17(21)20-10-6-18(14-20)7-11-22-12-8-18/h2-5H,6-14H2,1H3,(H,19,21). The zero-order valence-electron chi connectivity index (χ0n) is 13.8. The third-order valence-electron chi connectivity index (χ3n) is 5.01. The van der Waals surface area contributed by atoms with Crippen LogP contribution in [-0.2, 0) is 4.74 Å². The highest BCUT2D eigenvalue weighted by Gasteiger charge is 2.40. The molecule has 1 aromatic rings. The molecule has 2 saturated heterocycles. The van der Waals surface area contributed by atoms with Crippen LogP contribution in [0.15, 0.2) is 24.3 Å². The number of rotatable bonds is 4. The van der Waals surface area contributed by atoms with E-state index in [1.807, 2.05) is 36.1 Å². The van der Waals surface area contributed by atoms with Crippen molar-refractivity contribution in [3.63, 3.8) is 0 Å². The first-order chi connectivity index (χ1) is 11.2. The number of para-hydroxylation sites is 1. The predicted molar refractivity (Wildman–Crippen MR) is 88.7 cm³/mol. The molecule has 1 N–H and O–H groups in total. The van der Waals surface area contributed by atoms with Crippen LogP contribution >= 0.6 is 0 Å². The molecule has 0 unspecified atom stereocenters. The molecule has 2 fully saturated rings. The Bertz CT molecular complexity index is 541. The van der Waals surface area contributed by atoms with Crippen LogP contribution in [0.2, 0.25) is 0 Å². The number of likely N-dealkylation sites (tertiary alicyclic amines) is 1. The number of nitrogens with zero attached hydrogens (tertiary/aromatic N) is 1.